The van der Waals surface area contributed by atoms with Gasteiger partial charge in [-0.25, -0.2) is 15.0 Å². The Bertz CT molecular complexity index is 814. The van der Waals surface area contributed by atoms with E-state index in [1.165, 1.54) is 23.5 Å². The van der Waals surface area contributed by atoms with Crippen LogP contribution in [0, 0.1) is 10.1 Å². The normalized spacial score (nSPS) is 11.7. The quantitative estimate of drug-likeness (QED) is 0.434. The minimum atomic E-state index is -0.557. The zero-order valence-electron chi connectivity index (χ0n) is 10.6. The molecule has 1 N–H and O–H groups in total. The van der Waals surface area contributed by atoms with Crippen molar-refractivity contribution in [3.63, 3.8) is 0 Å². The molecule has 96 valence electrons. The largest absolute Gasteiger partial charge is 0.396 e. The third kappa shape index (κ3) is 1.91. The van der Waals surface area contributed by atoms with Crippen molar-refractivity contribution in [2.45, 2.75) is 10.1 Å². The van der Waals surface area contributed by atoms with Crippen LogP contribution >= 0.6 is 11.8 Å². The van der Waals surface area contributed by atoms with Gasteiger partial charge in [0.15, 0.2) is 12.1 Å². The number of hydrogen-bond acceptors (Lipinski definition) is 7. The SMILES string of the molecule is [2H]n1cnc2ncnc(Sc3c([N+](=O)[O-])ncn3C)c21. The summed E-state index contributed by atoms with van der Waals surface area (Å²) >= 11 is 1.05. The molecule has 0 saturated carbocycles. The maximum atomic E-state index is 10.9. The molecule has 9 nitrogen and oxygen atoms in total. The minimum Gasteiger partial charge on any atom is -0.358 e. The zero-order valence-corrected chi connectivity index (χ0v) is 10.4. The topological polar surface area (TPSA) is 115 Å². The number of aryl methyl sites for hydroxylation is 1. The second-order valence-corrected chi connectivity index (χ2v) is 4.55. The Morgan fingerprint density at radius 2 is 2.32 bits per heavy atom. The second kappa shape index (κ2) is 4.31. The van der Waals surface area contributed by atoms with Crippen molar-refractivity contribution in [2.75, 3.05) is 0 Å². The lowest BCUT2D eigenvalue weighted by Gasteiger charge is -2.01. The molecule has 0 unspecified atom stereocenters. The summed E-state index contributed by atoms with van der Waals surface area (Å²) < 4.78 is 9.24. The van der Waals surface area contributed by atoms with Gasteiger partial charge < -0.3 is 19.7 Å². The number of aromatic nitrogens is 6. The summed E-state index contributed by atoms with van der Waals surface area (Å²) in [5.74, 6) is -0.250. The molecule has 0 aromatic carbocycles. The van der Waals surface area contributed by atoms with E-state index >= 15 is 0 Å². The third-order valence-corrected chi connectivity index (χ3v) is 3.52. The van der Waals surface area contributed by atoms with E-state index in [9.17, 15) is 10.1 Å². The number of H-pyrrole nitrogens is 1. The molecule has 0 fully saturated rings. The average molecular weight is 278 g/mol. The van der Waals surface area contributed by atoms with E-state index in [1.54, 1.807) is 7.05 Å². The van der Waals surface area contributed by atoms with Crippen LogP contribution < -0.4 is 0 Å². The highest BCUT2D eigenvalue weighted by Crippen LogP contribution is 2.34. The number of nitrogens with one attached hydrogen (secondary N) is 1. The Labute approximate surface area is 111 Å². The standard InChI is InChI=1S/C9H7N7O2S/c1-15-4-14-7(16(17)18)9(15)19-8-5-6(11-2-10-5)12-3-13-8/h2-4H,1H3,(H,10,11,12,13)/i/hD. The Hall–Kier alpha value is -2.49. The average Bonchev–Trinajstić information content (AvgIpc) is 2.96. The fourth-order valence-electron chi connectivity index (χ4n) is 1.52. The highest BCUT2D eigenvalue weighted by atomic mass is 32.2. The Kier molecular flexibility index (Phi) is 2.37. The molecule has 0 aliphatic carbocycles. The highest BCUT2D eigenvalue weighted by Gasteiger charge is 2.22. The molecule has 3 rings (SSSR count). The van der Waals surface area contributed by atoms with Crippen molar-refractivity contribution in [1.29, 1.82) is 0 Å². The van der Waals surface area contributed by atoms with E-state index < -0.39 is 4.92 Å². The Morgan fingerprint density at radius 3 is 3.11 bits per heavy atom. The number of nitro groups is 1. The number of rotatable bonds is 3. The van der Waals surface area contributed by atoms with Crippen molar-refractivity contribution >= 4 is 28.7 Å². The van der Waals surface area contributed by atoms with Gasteiger partial charge in [-0.15, -0.1) is 0 Å². The number of aromatic amines is 1. The summed E-state index contributed by atoms with van der Waals surface area (Å²) in [6.07, 6.45) is 3.96. The van der Waals surface area contributed by atoms with E-state index in [0.29, 0.717) is 21.2 Å². The van der Waals surface area contributed by atoms with E-state index in [4.69, 9.17) is 1.41 Å². The van der Waals surface area contributed by atoms with Crippen molar-refractivity contribution < 1.29 is 6.34 Å². The van der Waals surface area contributed by atoms with Gasteiger partial charge in [0.25, 0.3) is 0 Å². The second-order valence-electron chi connectivity index (χ2n) is 3.57. The van der Waals surface area contributed by atoms with Crippen molar-refractivity contribution in [1.82, 2.24) is 29.5 Å². The molecule has 0 spiro atoms. The molecule has 0 aliphatic heterocycles. The first kappa shape index (κ1) is 10.4. The van der Waals surface area contributed by atoms with Crippen molar-refractivity contribution in [2.24, 2.45) is 7.05 Å². The van der Waals surface area contributed by atoms with Gasteiger partial charge in [0, 0.05) is 7.05 Å². The van der Waals surface area contributed by atoms with Crippen LogP contribution in [0.4, 0.5) is 5.82 Å². The lowest BCUT2D eigenvalue weighted by Crippen LogP contribution is -1.95. The molecule has 0 atom stereocenters. The monoisotopic (exact) mass is 278 g/mol. The molecule has 10 heteroatoms. The Balaban J connectivity index is 2.12. The summed E-state index contributed by atoms with van der Waals surface area (Å²) in [6, 6.07) is 0. The van der Waals surface area contributed by atoms with E-state index in [2.05, 4.69) is 19.9 Å². The van der Waals surface area contributed by atoms with Gasteiger partial charge in [0.05, 0.1) is 6.33 Å². The molecule has 0 aliphatic rings. The van der Waals surface area contributed by atoms with E-state index in [0.717, 1.165) is 16.7 Å². The summed E-state index contributed by atoms with van der Waals surface area (Å²) in [5.41, 5.74) is 0.760. The maximum Gasteiger partial charge on any atom is 0.396 e. The number of fused-ring (bicyclic) bond motifs is 1. The molecule has 19 heavy (non-hydrogen) atoms. The molecule has 0 amide bonds. The van der Waals surface area contributed by atoms with Crippen LogP contribution in [-0.4, -0.2) is 34.4 Å². The fraction of sp³-hybridized carbons (Fsp3) is 0.111. The minimum absolute atomic E-state index is 0.250. The lowest BCUT2D eigenvalue weighted by molar-refractivity contribution is -0.392. The summed E-state index contributed by atoms with van der Waals surface area (Å²) in [6.45, 7) is 0. The van der Waals surface area contributed by atoms with Crippen LogP contribution in [0.5, 0.6) is 0 Å². The first-order chi connectivity index (χ1) is 9.58. The van der Waals surface area contributed by atoms with Gasteiger partial charge in [-0.3, -0.25) is 0 Å². The lowest BCUT2D eigenvalue weighted by atomic mass is 10.6. The first-order valence-corrected chi connectivity index (χ1v) is 5.90. The van der Waals surface area contributed by atoms with Crippen molar-refractivity contribution in [3.8, 4) is 0 Å². The maximum absolute atomic E-state index is 10.9. The molecule has 3 aromatic heterocycles. The van der Waals surface area contributed by atoms with Crippen LogP contribution in [0.15, 0.2) is 29.0 Å². The first-order valence-electron chi connectivity index (χ1n) is 5.53. The summed E-state index contributed by atoms with van der Waals surface area (Å²) in [5, 5.41) is 11.7. The van der Waals surface area contributed by atoms with Gasteiger partial charge in [0.1, 0.15) is 16.9 Å². The van der Waals surface area contributed by atoms with Crippen LogP contribution in [0.2, 0.25) is 1.41 Å². The van der Waals surface area contributed by atoms with Gasteiger partial charge in [-0.1, -0.05) is 0 Å². The van der Waals surface area contributed by atoms with Gasteiger partial charge >= 0.3 is 5.82 Å². The highest BCUT2D eigenvalue weighted by molar-refractivity contribution is 7.99. The van der Waals surface area contributed by atoms with Crippen LogP contribution in [-0.2, 0) is 7.05 Å². The van der Waals surface area contributed by atoms with Crippen LogP contribution in [0.1, 0.15) is 0 Å². The molecule has 3 aromatic rings. The van der Waals surface area contributed by atoms with Gasteiger partial charge in [-0.05, 0) is 21.7 Å². The summed E-state index contributed by atoms with van der Waals surface area (Å²) in [7, 11) is 1.65. The number of imidazole rings is 2. The number of hydrogen-bond donors (Lipinski definition) is 1. The van der Waals surface area contributed by atoms with Crippen molar-refractivity contribution in [3.05, 3.63) is 29.1 Å². The molecule has 0 bridgehead atoms. The predicted octanol–water partition coefficient (Wildman–Crippen LogP) is 1.15. The van der Waals surface area contributed by atoms with Gasteiger partial charge in [0.2, 0.25) is 6.33 Å². The summed E-state index contributed by atoms with van der Waals surface area (Å²) in [4.78, 5) is 27.1. The fourth-order valence-corrected chi connectivity index (χ4v) is 2.45. The van der Waals surface area contributed by atoms with E-state index in [-0.39, 0.29) is 5.82 Å². The molecule has 0 saturated heterocycles. The van der Waals surface area contributed by atoms with Crippen LogP contribution in [0.3, 0.4) is 0 Å². The van der Waals surface area contributed by atoms with E-state index in [1.807, 2.05) is 0 Å². The zero-order chi connectivity index (χ0) is 14.3. The number of nitrogens with zero attached hydrogens (tertiary/aromatic N) is 6. The molecule has 3 heterocycles. The van der Waals surface area contributed by atoms with Gasteiger partial charge in [-0.2, -0.15) is 0 Å². The smallest absolute Gasteiger partial charge is 0.358 e. The molecular weight excluding hydrogens is 270 g/mol. The third-order valence-electron chi connectivity index (χ3n) is 2.37. The Morgan fingerprint density at radius 1 is 1.47 bits per heavy atom. The predicted molar refractivity (Wildman–Crippen MR) is 65.7 cm³/mol. The molecular formula is C9H7N7O2S. The molecule has 0 radical (unpaired) electrons. The van der Waals surface area contributed by atoms with Crippen LogP contribution in [0.25, 0.3) is 11.2 Å².